The second kappa shape index (κ2) is 7.71. The Morgan fingerprint density at radius 2 is 2.03 bits per heavy atom. The third-order valence-corrected chi connectivity index (χ3v) is 9.14. The molecule has 34 heavy (non-hydrogen) atoms. The van der Waals surface area contributed by atoms with E-state index in [1.807, 2.05) is 13.2 Å². The minimum absolute atomic E-state index is 0.194. The molecule has 0 amide bonds. The first-order valence-corrected chi connectivity index (χ1v) is 12.8. The Labute approximate surface area is 214 Å². The van der Waals surface area contributed by atoms with Crippen molar-refractivity contribution < 1.29 is 9.26 Å². The van der Waals surface area contributed by atoms with Crippen LogP contribution in [0.2, 0.25) is 0 Å². The highest BCUT2D eigenvalue weighted by molar-refractivity contribution is 9.10. The molecule has 1 fully saturated rings. The average molecular weight is 587 g/mol. The molecule has 3 aromatic heterocycles. The summed E-state index contributed by atoms with van der Waals surface area (Å²) in [5.41, 5.74) is 3.72. The molecule has 1 aliphatic carbocycles. The van der Waals surface area contributed by atoms with Crippen LogP contribution in [0.25, 0.3) is 22.3 Å². The second-order valence-corrected chi connectivity index (χ2v) is 11.5. The van der Waals surface area contributed by atoms with E-state index >= 15 is 0 Å². The smallest absolute Gasteiger partial charge is 0.234 e. The summed E-state index contributed by atoms with van der Waals surface area (Å²) in [5, 5.41) is 5.59. The van der Waals surface area contributed by atoms with Crippen molar-refractivity contribution in [1.29, 1.82) is 0 Å². The number of benzene rings is 1. The number of aryl methyl sites for hydroxylation is 1. The van der Waals surface area contributed by atoms with Crippen molar-refractivity contribution >= 4 is 42.8 Å². The van der Waals surface area contributed by atoms with Crippen LogP contribution in [0.4, 0.5) is 0 Å². The molecular formula is C25H25Br2N5O2. The molecule has 0 unspecified atom stereocenters. The van der Waals surface area contributed by atoms with Gasteiger partial charge in [-0.25, -0.2) is 0 Å². The molecule has 2 aliphatic rings. The van der Waals surface area contributed by atoms with Crippen LogP contribution in [0.5, 0.6) is 0 Å². The molecule has 1 aliphatic heterocycles. The minimum Gasteiger partial charge on any atom is -0.372 e. The number of hydrogen-bond acceptors (Lipinski definition) is 6. The van der Waals surface area contributed by atoms with Gasteiger partial charge < -0.3 is 13.8 Å². The summed E-state index contributed by atoms with van der Waals surface area (Å²) in [4.78, 5) is 11.5. The lowest BCUT2D eigenvalue weighted by Crippen LogP contribution is -2.63. The molecule has 4 aromatic rings. The summed E-state index contributed by atoms with van der Waals surface area (Å²) in [5.74, 6) is 1.16. The lowest BCUT2D eigenvalue weighted by atomic mass is 9.64. The van der Waals surface area contributed by atoms with E-state index in [2.05, 4.69) is 90.7 Å². The highest BCUT2D eigenvalue weighted by Crippen LogP contribution is 2.54. The summed E-state index contributed by atoms with van der Waals surface area (Å²) >= 11 is 7.32. The van der Waals surface area contributed by atoms with E-state index in [0.717, 1.165) is 34.0 Å². The molecule has 0 N–H and O–H groups in total. The van der Waals surface area contributed by atoms with Crippen LogP contribution < -0.4 is 0 Å². The van der Waals surface area contributed by atoms with Crippen molar-refractivity contribution in [2.24, 2.45) is 7.05 Å². The topological polar surface area (TPSA) is 69.2 Å². The van der Waals surface area contributed by atoms with Gasteiger partial charge in [0.2, 0.25) is 11.7 Å². The Bertz CT molecular complexity index is 1430. The van der Waals surface area contributed by atoms with Crippen LogP contribution in [-0.2, 0) is 29.2 Å². The SMILES string of the molecule is CO[C@]12C[C@](C)(c3nc(-c4cncc(Br)c4)no3)CN(C)[C@@H]1Cc1c(Br)n(C)c3cccc2c13. The molecule has 7 nitrogen and oxygen atoms in total. The van der Waals surface area contributed by atoms with Crippen molar-refractivity contribution in [3.05, 3.63) is 62.8 Å². The Balaban J connectivity index is 1.48. The zero-order valence-corrected chi connectivity index (χ0v) is 22.6. The first-order valence-electron chi connectivity index (χ1n) is 11.2. The monoisotopic (exact) mass is 585 g/mol. The number of nitrogens with zero attached hydrogens (tertiary/aromatic N) is 5. The highest BCUT2D eigenvalue weighted by Gasteiger charge is 2.57. The van der Waals surface area contributed by atoms with E-state index in [1.165, 1.54) is 22.0 Å². The third kappa shape index (κ3) is 3.03. The zero-order valence-electron chi connectivity index (χ0n) is 19.5. The van der Waals surface area contributed by atoms with Gasteiger partial charge in [-0.1, -0.05) is 17.3 Å². The first kappa shape index (κ1) is 22.4. The van der Waals surface area contributed by atoms with Gasteiger partial charge in [0.15, 0.2) is 0 Å². The maximum Gasteiger partial charge on any atom is 0.234 e. The molecule has 4 heterocycles. The Morgan fingerprint density at radius 1 is 1.21 bits per heavy atom. The van der Waals surface area contributed by atoms with E-state index < -0.39 is 11.0 Å². The maximum atomic E-state index is 6.50. The molecular weight excluding hydrogens is 562 g/mol. The molecule has 0 spiro atoms. The number of pyridine rings is 1. The van der Waals surface area contributed by atoms with Gasteiger partial charge in [0.1, 0.15) is 5.60 Å². The maximum absolute atomic E-state index is 6.50. The zero-order chi connectivity index (χ0) is 23.8. The number of halogens is 2. The second-order valence-electron chi connectivity index (χ2n) is 9.81. The number of aromatic nitrogens is 4. The van der Waals surface area contributed by atoms with Crippen LogP contribution in [0.3, 0.4) is 0 Å². The number of methoxy groups -OCH3 is 1. The quantitative estimate of drug-likeness (QED) is 0.328. The fraction of sp³-hybridized carbons (Fsp3) is 0.400. The standard InChI is InChI=1S/C25H25Br2N5O2/c1-24(23-29-22(30-34-23)14-8-15(26)11-28-10-14)12-25(33-4)17-6-5-7-18-20(17)16(21(27)32(18)3)9-19(25)31(2)13-24/h5-8,10-11,19H,9,12-13H2,1-4H3/t19-,24+,25+/m1/s1. The number of likely N-dealkylation sites (tertiary alicyclic amines) is 1. The predicted molar refractivity (Wildman–Crippen MR) is 137 cm³/mol. The summed E-state index contributed by atoms with van der Waals surface area (Å²) in [6.07, 6.45) is 5.14. The molecule has 6 rings (SSSR count). The number of hydrogen-bond donors (Lipinski definition) is 0. The van der Waals surface area contributed by atoms with Gasteiger partial charge in [-0.15, -0.1) is 0 Å². The van der Waals surface area contributed by atoms with Gasteiger partial charge in [0.05, 0.1) is 10.0 Å². The van der Waals surface area contributed by atoms with Gasteiger partial charge >= 0.3 is 0 Å². The predicted octanol–water partition coefficient (Wildman–Crippen LogP) is 5.21. The number of ether oxygens (including phenoxy) is 1. The largest absolute Gasteiger partial charge is 0.372 e. The molecule has 1 saturated heterocycles. The Morgan fingerprint density at radius 3 is 2.79 bits per heavy atom. The fourth-order valence-corrected chi connectivity index (χ4v) is 7.14. The molecule has 1 aromatic carbocycles. The number of piperidine rings is 1. The van der Waals surface area contributed by atoms with Crippen LogP contribution >= 0.6 is 31.9 Å². The van der Waals surface area contributed by atoms with Gasteiger partial charge in [-0.3, -0.25) is 9.88 Å². The van der Waals surface area contributed by atoms with Crippen LogP contribution in [0, 0.1) is 0 Å². The molecule has 0 bridgehead atoms. The summed E-state index contributed by atoms with van der Waals surface area (Å²) < 4.78 is 16.6. The fourth-order valence-electron chi connectivity index (χ4n) is 6.23. The van der Waals surface area contributed by atoms with Crippen LogP contribution in [0.15, 0.2) is 50.3 Å². The molecule has 9 heteroatoms. The van der Waals surface area contributed by atoms with E-state index in [4.69, 9.17) is 14.2 Å². The number of rotatable bonds is 3. The van der Waals surface area contributed by atoms with E-state index in [0.29, 0.717) is 11.7 Å². The normalized spacial score (nSPS) is 26.7. The van der Waals surface area contributed by atoms with Gasteiger partial charge in [-0.05, 0) is 81.9 Å². The van der Waals surface area contributed by atoms with Crippen molar-refractivity contribution in [3.8, 4) is 11.4 Å². The van der Waals surface area contributed by atoms with E-state index in [1.54, 1.807) is 12.4 Å². The third-order valence-electron chi connectivity index (χ3n) is 7.69. The van der Waals surface area contributed by atoms with Crippen molar-refractivity contribution in [2.75, 3.05) is 20.7 Å². The Kier molecular flexibility index (Phi) is 5.08. The molecule has 0 saturated carbocycles. The average Bonchev–Trinajstić information content (AvgIpc) is 3.42. The van der Waals surface area contributed by atoms with E-state index in [9.17, 15) is 0 Å². The van der Waals surface area contributed by atoms with Crippen LogP contribution in [-0.4, -0.2) is 51.3 Å². The first-order chi connectivity index (χ1) is 16.3. The minimum atomic E-state index is -0.499. The summed E-state index contributed by atoms with van der Waals surface area (Å²) in [6.45, 7) is 2.99. The lowest BCUT2D eigenvalue weighted by molar-refractivity contribution is -0.134. The van der Waals surface area contributed by atoms with E-state index in [-0.39, 0.29) is 6.04 Å². The van der Waals surface area contributed by atoms with Crippen molar-refractivity contribution in [3.63, 3.8) is 0 Å². The van der Waals surface area contributed by atoms with Gasteiger partial charge in [0.25, 0.3) is 0 Å². The highest BCUT2D eigenvalue weighted by atomic mass is 79.9. The van der Waals surface area contributed by atoms with Crippen LogP contribution in [0.1, 0.15) is 30.4 Å². The summed E-state index contributed by atoms with van der Waals surface area (Å²) in [6, 6.07) is 8.67. The number of fused-ring (bicyclic) bond motifs is 2. The lowest BCUT2D eigenvalue weighted by Gasteiger charge is -2.55. The van der Waals surface area contributed by atoms with Gasteiger partial charge in [-0.2, -0.15) is 4.98 Å². The molecule has 0 radical (unpaired) electrons. The molecule has 3 atom stereocenters. The number of likely N-dealkylation sites (N-methyl/N-ethyl adjacent to an activating group) is 1. The van der Waals surface area contributed by atoms with Crippen molar-refractivity contribution in [2.45, 2.75) is 36.8 Å². The Hall–Kier alpha value is -2.07. The molecule has 176 valence electrons. The van der Waals surface area contributed by atoms with Crippen molar-refractivity contribution in [1.82, 2.24) is 24.6 Å². The summed E-state index contributed by atoms with van der Waals surface area (Å²) in [7, 11) is 6.12. The van der Waals surface area contributed by atoms with Gasteiger partial charge in [0, 0.05) is 60.1 Å².